The van der Waals surface area contributed by atoms with E-state index in [0.717, 1.165) is 5.56 Å². The Kier molecular flexibility index (Phi) is 4.75. The van der Waals surface area contributed by atoms with Gasteiger partial charge in [0.2, 0.25) is 26.6 Å². The van der Waals surface area contributed by atoms with E-state index in [9.17, 15) is 8.42 Å². The monoisotopic (exact) mass is 394 g/mol. The summed E-state index contributed by atoms with van der Waals surface area (Å²) in [6.45, 7) is 2.22. The van der Waals surface area contributed by atoms with Crippen LogP contribution in [0.25, 0.3) is 11.5 Å². The number of rotatable bonds is 6. The summed E-state index contributed by atoms with van der Waals surface area (Å²) in [6.07, 6.45) is 1.55. The third-order valence-corrected chi connectivity index (χ3v) is 5.85. The Labute approximate surface area is 162 Å². The van der Waals surface area contributed by atoms with E-state index in [1.54, 1.807) is 36.6 Å². The third kappa shape index (κ3) is 3.57. The van der Waals surface area contributed by atoms with E-state index < -0.39 is 9.84 Å². The van der Waals surface area contributed by atoms with Crippen LogP contribution in [0.15, 0.2) is 91.7 Å². The summed E-state index contributed by atoms with van der Waals surface area (Å²) in [5.74, 6) is 0.966. The zero-order chi connectivity index (χ0) is 19.6. The molecule has 0 spiro atoms. The number of sulfone groups is 1. The van der Waals surface area contributed by atoms with Crippen molar-refractivity contribution in [3.8, 4) is 11.5 Å². The summed E-state index contributed by atoms with van der Waals surface area (Å²) in [5.41, 5.74) is 1.73. The second-order valence-electron chi connectivity index (χ2n) is 6.27. The maximum absolute atomic E-state index is 13.1. The second kappa shape index (κ2) is 7.36. The fourth-order valence-electron chi connectivity index (χ4n) is 2.79. The fourth-order valence-corrected chi connectivity index (χ4v) is 4.09. The molecular formula is C21H18N2O4S. The maximum atomic E-state index is 13.1. The van der Waals surface area contributed by atoms with Crippen LogP contribution in [0.5, 0.6) is 0 Å². The van der Waals surface area contributed by atoms with Gasteiger partial charge in [-0.1, -0.05) is 35.9 Å². The molecule has 7 heteroatoms. The SMILES string of the molecule is Cc1cccc(-c2nc(S(=O)(=O)c3ccccc3)c(NCc3ccco3)o2)c1. The molecule has 0 unspecified atom stereocenters. The molecule has 2 heterocycles. The van der Waals surface area contributed by atoms with Crippen LogP contribution in [0.4, 0.5) is 5.88 Å². The lowest BCUT2D eigenvalue weighted by Gasteiger charge is -2.04. The van der Waals surface area contributed by atoms with Crippen LogP contribution in [-0.2, 0) is 16.4 Å². The van der Waals surface area contributed by atoms with Crippen molar-refractivity contribution in [1.82, 2.24) is 4.98 Å². The van der Waals surface area contributed by atoms with Crippen molar-refractivity contribution in [2.24, 2.45) is 0 Å². The zero-order valence-corrected chi connectivity index (χ0v) is 15.9. The number of hydrogen-bond acceptors (Lipinski definition) is 6. The number of aromatic nitrogens is 1. The Morgan fingerprint density at radius 1 is 1.00 bits per heavy atom. The standard InChI is InChI=1S/C21H18N2O4S/c1-15-7-5-8-16(13-15)19-23-21(28(24,25)18-10-3-2-4-11-18)20(27-19)22-14-17-9-6-12-26-17/h2-13,22H,14H2,1H3. The molecule has 0 aliphatic rings. The van der Waals surface area contributed by atoms with E-state index in [2.05, 4.69) is 10.3 Å². The first-order chi connectivity index (χ1) is 13.5. The van der Waals surface area contributed by atoms with Crippen molar-refractivity contribution in [2.75, 3.05) is 5.32 Å². The highest BCUT2D eigenvalue weighted by Gasteiger charge is 2.28. The summed E-state index contributed by atoms with van der Waals surface area (Å²) in [7, 11) is -3.86. The molecule has 4 rings (SSSR count). The lowest BCUT2D eigenvalue weighted by Crippen LogP contribution is -2.07. The topological polar surface area (TPSA) is 85.3 Å². The molecule has 0 aliphatic heterocycles. The largest absolute Gasteiger partial charge is 0.467 e. The van der Waals surface area contributed by atoms with Crippen molar-refractivity contribution in [3.63, 3.8) is 0 Å². The molecule has 0 bridgehead atoms. The van der Waals surface area contributed by atoms with Crippen molar-refractivity contribution in [2.45, 2.75) is 23.4 Å². The van der Waals surface area contributed by atoms with Crippen molar-refractivity contribution < 1.29 is 17.3 Å². The van der Waals surface area contributed by atoms with Crippen molar-refractivity contribution in [3.05, 3.63) is 84.3 Å². The van der Waals surface area contributed by atoms with Gasteiger partial charge in [-0.3, -0.25) is 0 Å². The highest BCUT2D eigenvalue weighted by atomic mass is 32.2. The molecule has 0 radical (unpaired) electrons. The van der Waals surface area contributed by atoms with Gasteiger partial charge in [-0.2, -0.15) is 4.98 Å². The van der Waals surface area contributed by atoms with Gasteiger partial charge in [-0.25, -0.2) is 8.42 Å². The first-order valence-electron chi connectivity index (χ1n) is 8.68. The van der Waals surface area contributed by atoms with E-state index in [1.807, 2.05) is 31.2 Å². The first kappa shape index (κ1) is 18.1. The van der Waals surface area contributed by atoms with Gasteiger partial charge in [-0.15, -0.1) is 0 Å². The van der Waals surface area contributed by atoms with Gasteiger partial charge in [0.1, 0.15) is 5.76 Å². The number of benzene rings is 2. The molecule has 4 aromatic rings. The Morgan fingerprint density at radius 3 is 2.54 bits per heavy atom. The lowest BCUT2D eigenvalue weighted by molar-refractivity contribution is 0.511. The predicted molar refractivity (Wildman–Crippen MR) is 105 cm³/mol. The quantitative estimate of drug-likeness (QED) is 0.511. The fraction of sp³-hybridized carbons (Fsp3) is 0.0952. The van der Waals surface area contributed by atoms with E-state index in [0.29, 0.717) is 11.3 Å². The zero-order valence-electron chi connectivity index (χ0n) is 15.1. The Morgan fingerprint density at radius 2 is 1.82 bits per heavy atom. The van der Waals surface area contributed by atoms with Gasteiger partial charge in [0, 0.05) is 5.56 Å². The van der Waals surface area contributed by atoms with Crippen LogP contribution >= 0.6 is 0 Å². The van der Waals surface area contributed by atoms with Crippen molar-refractivity contribution in [1.29, 1.82) is 0 Å². The predicted octanol–water partition coefficient (Wildman–Crippen LogP) is 4.69. The molecule has 0 aliphatic carbocycles. The summed E-state index contributed by atoms with van der Waals surface area (Å²) in [4.78, 5) is 4.47. The van der Waals surface area contributed by atoms with Crippen LogP contribution in [-0.4, -0.2) is 13.4 Å². The molecule has 0 amide bonds. The number of oxazole rings is 1. The average molecular weight is 394 g/mol. The average Bonchev–Trinajstić information content (AvgIpc) is 3.37. The van der Waals surface area contributed by atoms with Gasteiger partial charge >= 0.3 is 0 Å². The van der Waals surface area contributed by atoms with Gasteiger partial charge in [-0.05, 0) is 43.3 Å². The minimum absolute atomic E-state index is 0.0803. The molecule has 28 heavy (non-hydrogen) atoms. The Balaban J connectivity index is 1.78. The first-order valence-corrected chi connectivity index (χ1v) is 10.2. The van der Waals surface area contributed by atoms with Gasteiger partial charge in [0.15, 0.2) is 0 Å². The second-order valence-corrected chi connectivity index (χ2v) is 8.14. The van der Waals surface area contributed by atoms with E-state index >= 15 is 0 Å². The van der Waals surface area contributed by atoms with Crippen molar-refractivity contribution >= 4 is 15.7 Å². The number of nitrogens with zero attached hydrogens (tertiary/aromatic N) is 1. The summed E-state index contributed by atoms with van der Waals surface area (Å²) in [5, 5.41) is 2.84. The van der Waals surface area contributed by atoms with E-state index in [-0.39, 0.29) is 28.2 Å². The summed E-state index contributed by atoms with van der Waals surface area (Å²) < 4.78 is 37.4. The van der Waals surface area contributed by atoms with Crippen LogP contribution in [0.2, 0.25) is 0 Å². The molecule has 2 aromatic heterocycles. The summed E-state index contributed by atoms with van der Waals surface area (Å²) in [6, 6.07) is 19.3. The lowest BCUT2D eigenvalue weighted by atomic mass is 10.1. The molecule has 142 valence electrons. The van der Waals surface area contributed by atoms with E-state index in [1.165, 1.54) is 12.1 Å². The number of anilines is 1. The minimum Gasteiger partial charge on any atom is -0.467 e. The normalized spacial score (nSPS) is 11.5. The van der Waals surface area contributed by atoms with Crippen LogP contribution in [0.1, 0.15) is 11.3 Å². The molecule has 0 atom stereocenters. The number of hydrogen-bond donors (Lipinski definition) is 1. The molecule has 6 nitrogen and oxygen atoms in total. The molecular weight excluding hydrogens is 376 g/mol. The molecule has 0 saturated carbocycles. The summed E-state index contributed by atoms with van der Waals surface area (Å²) >= 11 is 0. The van der Waals surface area contributed by atoms with Crippen LogP contribution in [0.3, 0.4) is 0 Å². The molecule has 0 saturated heterocycles. The van der Waals surface area contributed by atoms with Gasteiger partial charge in [0.05, 0.1) is 17.7 Å². The van der Waals surface area contributed by atoms with Crippen LogP contribution < -0.4 is 5.32 Å². The van der Waals surface area contributed by atoms with Crippen LogP contribution in [0, 0.1) is 6.92 Å². The maximum Gasteiger partial charge on any atom is 0.234 e. The molecule has 0 fully saturated rings. The number of nitrogens with one attached hydrogen (secondary N) is 1. The van der Waals surface area contributed by atoms with E-state index in [4.69, 9.17) is 8.83 Å². The minimum atomic E-state index is -3.86. The highest BCUT2D eigenvalue weighted by molar-refractivity contribution is 7.91. The highest BCUT2D eigenvalue weighted by Crippen LogP contribution is 2.32. The number of furan rings is 1. The Bertz CT molecular complexity index is 1180. The smallest absolute Gasteiger partial charge is 0.234 e. The van der Waals surface area contributed by atoms with Gasteiger partial charge < -0.3 is 14.2 Å². The Hall–Kier alpha value is -3.32. The third-order valence-electron chi connectivity index (χ3n) is 4.17. The van der Waals surface area contributed by atoms with Gasteiger partial charge in [0.25, 0.3) is 0 Å². The molecule has 1 N–H and O–H groups in total. The number of aryl methyl sites for hydroxylation is 1. The molecule has 2 aromatic carbocycles.